The maximum atomic E-state index is 12.2. The van der Waals surface area contributed by atoms with Crippen molar-refractivity contribution in [3.8, 4) is 5.69 Å². The molecule has 0 spiro atoms. The van der Waals surface area contributed by atoms with E-state index in [1.165, 1.54) is 22.7 Å². The largest absolute Gasteiger partial charge is 0.374 e. The van der Waals surface area contributed by atoms with E-state index in [4.69, 9.17) is 5.73 Å². The van der Waals surface area contributed by atoms with E-state index in [2.05, 4.69) is 46.1 Å². The van der Waals surface area contributed by atoms with Gasteiger partial charge in [0.05, 0.1) is 0 Å². The molecule has 124 valence electrons. The molecule has 1 aromatic carbocycles. The number of hydrogen-bond acceptors (Lipinski definition) is 5. The van der Waals surface area contributed by atoms with E-state index in [0.29, 0.717) is 23.7 Å². The lowest BCUT2D eigenvalue weighted by Crippen LogP contribution is -2.25. The van der Waals surface area contributed by atoms with Crippen LogP contribution in [-0.4, -0.2) is 27.2 Å². The molecule has 0 atom stereocenters. The lowest BCUT2D eigenvalue weighted by atomic mass is 10.2. The molecule has 3 rings (SSSR count). The third-order valence-corrected chi connectivity index (χ3v) is 4.58. The van der Waals surface area contributed by atoms with Gasteiger partial charge in [0.25, 0.3) is 5.91 Å². The molecular weight excluding hydrogens is 322 g/mol. The summed E-state index contributed by atoms with van der Waals surface area (Å²) < 4.78 is 2.15. The summed E-state index contributed by atoms with van der Waals surface area (Å²) in [5.74, 6) is -0.0972. The van der Waals surface area contributed by atoms with Gasteiger partial charge in [0.1, 0.15) is 5.01 Å². The second-order valence-electron chi connectivity index (χ2n) is 5.54. The fraction of sp³-hybridized carbons (Fsp3) is 0.235. The first-order chi connectivity index (χ1) is 11.5. The summed E-state index contributed by atoms with van der Waals surface area (Å²) >= 11 is 1.34. The van der Waals surface area contributed by atoms with Crippen LogP contribution in [0.2, 0.25) is 0 Å². The minimum Gasteiger partial charge on any atom is -0.374 e. The number of carbonyl (C=O) groups excluding carboxylic acids is 1. The van der Waals surface area contributed by atoms with Crippen LogP contribution >= 0.6 is 11.3 Å². The van der Waals surface area contributed by atoms with Crippen LogP contribution in [-0.2, 0) is 6.42 Å². The second-order valence-corrected chi connectivity index (χ2v) is 6.63. The molecule has 3 aromatic rings. The Morgan fingerprint density at radius 2 is 1.79 bits per heavy atom. The van der Waals surface area contributed by atoms with Gasteiger partial charge in [0.2, 0.25) is 5.13 Å². The van der Waals surface area contributed by atoms with Crippen LogP contribution in [0.15, 0.2) is 36.4 Å². The van der Waals surface area contributed by atoms with Crippen molar-refractivity contribution in [3.05, 3.63) is 58.4 Å². The normalized spacial score (nSPS) is 10.8. The summed E-state index contributed by atoms with van der Waals surface area (Å²) in [5, 5.41) is 11.8. The van der Waals surface area contributed by atoms with Crippen LogP contribution in [0.25, 0.3) is 5.69 Å². The summed E-state index contributed by atoms with van der Waals surface area (Å²) in [7, 11) is 0. The number of carbonyl (C=O) groups is 1. The van der Waals surface area contributed by atoms with Gasteiger partial charge in [-0.15, -0.1) is 10.2 Å². The van der Waals surface area contributed by atoms with Gasteiger partial charge in [-0.2, -0.15) is 0 Å². The number of rotatable bonds is 5. The predicted octanol–water partition coefficient (Wildman–Crippen LogP) is 2.50. The minimum absolute atomic E-state index is 0.0972. The van der Waals surface area contributed by atoms with E-state index in [-0.39, 0.29) is 5.91 Å². The van der Waals surface area contributed by atoms with Crippen LogP contribution in [0.1, 0.15) is 26.8 Å². The Morgan fingerprint density at radius 1 is 1.12 bits per heavy atom. The van der Waals surface area contributed by atoms with Gasteiger partial charge in [0.15, 0.2) is 0 Å². The molecule has 0 aliphatic rings. The van der Waals surface area contributed by atoms with Crippen molar-refractivity contribution in [2.75, 3.05) is 12.3 Å². The molecule has 2 aromatic heterocycles. The van der Waals surface area contributed by atoms with Crippen LogP contribution in [0.4, 0.5) is 5.13 Å². The standard InChI is InChI=1S/C17H19N5OS/c1-11-3-4-12(2)22(11)14-7-5-13(6-8-14)16(23)19-10-9-15-20-21-17(18)24-15/h3-8H,9-10H2,1-2H3,(H2,18,21)(H,19,23). The maximum Gasteiger partial charge on any atom is 0.251 e. The highest BCUT2D eigenvalue weighted by Crippen LogP contribution is 2.17. The van der Waals surface area contributed by atoms with Crippen LogP contribution in [0.5, 0.6) is 0 Å². The SMILES string of the molecule is Cc1ccc(C)n1-c1ccc(C(=O)NCCc2nnc(N)s2)cc1. The lowest BCUT2D eigenvalue weighted by molar-refractivity contribution is 0.0954. The Balaban J connectivity index is 1.61. The topological polar surface area (TPSA) is 85.8 Å². The number of aromatic nitrogens is 3. The zero-order valence-electron chi connectivity index (χ0n) is 13.6. The van der Waals surface area contributed by atoms with Crippen molar-refractivity contribution in [1.29, 1.82) is 0 Å². The average Bonchev–Trinajstić information content (AvgIpc) is 3.13. The number of benzene rings is 1. The zero-order chi connectivity index (χ0) is 17.1. The van der Waals surface area contributed by atoms with Crippen LogP contribution < -0.4 is 11.1 Å². The van der Waals surface area contributed by atoms with Crippen molar-refractivity contribution in [2.24, 2.45) is 0 Å². The molecule has 7 heteroatoms. The van der Waals surface area contributed by atoms with Gasteiger partial charge in [-0.25, -0.2) is 0 Å². The molecule has 0 saturated heterocycles. The van der Waals surface area contributed by atoms with Gasteiger partial charge in [0, 0.05) is 35.6 Å². The van der Waals surface area contributed by atoms with Crippen molar-refractivity contribution in [3.63, 3.8) is 0 Å². The number of nitrogen functional groups attached to an aromatic ring is 1. The van der Waals surface area contributed by atoms with Crippen LogP contribution in [0, 0.1) is 13.8 Å². The van der Waals surface area contributed by atoms with E-state index in [9.17, 15) is 4.79 Å². The van der Waals surface area contributed by atoms with Gasteiger partial charge in [-0.3, -0.25) is 4.79 Å². The third kappa shape index (κ3) is 3.46. The van der Waals surface area contributed by atoms with Crippen molar-refractivity contribution in [1.82, 2.24) is 20.1 Å². The monoisotopic (exact) mass is 341 g/mol. The molecule has 0 unspecified atom stereocenters. The minimum atomic E-state index is -0.0972. The number of hydrogen-bond donors (Lipinski definition) is 2. The lowest BCUT2D eigenvalue weighted by Gasteiger charge is -2.10. The highest BCUT2D eigenvalue weighted by atomic mass is 32.1. The molecule has 0 bridgehead atoms. The maximum absolute atomic E-state index is 12.2. The molecule has 0 aliphatic carbocycles. The van der Waals surface area contributed by atoms with E-state index >= 15 is 0 Å². The van der Waals surface area contributed by atoms with Crippen LogP contribution in [0.3, 0.4) is 0 Å². The van der Waals surface area contributed by atoms with Gasteiger partial charge in [-0.1, -0.05) is 11.3 Å². The van der Waals surface area contributed by atoms with Crippen molar-refractivity contribution in [2.45, 2.75) is 20.3 Å². The summed E-state index contributed by atoms with van der Waals surface area (Å²) in [4.78, 5) is 12.2. The van der Waals surface area contributed by atoms with E-state index in [0.717, 1.165) is 10.7 Å². The third-order valence-electron chi connectivity index (χ3n) is 3.77. The van der Waals surface area contributed by atoms with Crippen molar-refractivity contribution < 1.29 is 4.79 Å². The van der Waals surface area contributed by atoms with Gasteiger partial charge in [-0.05, 0) is 50.2 Å². The molecule has 0 radical (unpaired) electrons. The Bertz CT molecular complexity index is 831. The highest BCUT2D eigenvalue weighted by molar-refractivity contribution is 7.15. The highest BCUT2D eigenvalue weighted by Gasteiger charge is 2.08. The summed E-state index contributed by atoms with van der Waals surface area (Å²) in [6.45, 7) is 4.63. The molecule has 3 N–H and O–H groups in total. The predicted molar refractivity (Wildman–Crippen MR) is 95.6 cm³/mol. The number of amides is 1. The molecule has 1 amide bonds. The Kier molecular flexibility index (Phi) is 4.61. The van der Waals surface area contributed by atoms with Gasteiger partial charge < -0.3 is 15.6 Å². The molecular formula is C17H19N5OS. The molecule has 24 heavy (non-hydrogen) atoms. The first-order valence-electron chi connectivity index (χ1n) is 7.66. The van der Waals surface area contributed by atoms with E-state index < -0.39 is 0 Å². The quantitative estimate of drug-likeness (QED) is 0.746. The fourth-order valence-corrected chi connectivity index (χ4v) is 3.20. The Hall–Kier alpha value is -2.67. The van der Waals surface area contributed by atoms with Gasteiger partial charge >= 0.3 is 0 Å². The summed E-state index contributed by atoms with van der Waals surface area (Å²) in [5.41, 5.74) is 9.56. The first-order valence-corrected chi connectivity index (χ1v) is 8.47. The molecule has 2 heterocycles. The molecule has 0 fully saturated rings. The number of anilines is 1. The number of nitrogens with zero attached hydrogens (tertiary/aromatic N) is 3. The fourth-order valence-electron chi connectivity index (χ4n) is 2.59. The Morgan fingerprint density at radius 3 is 2.38 bits per heavy atom. The van der Waals surface area contributed by atoms with E-state index in [1.54, 1.807) is 0 Å². The number of aryl methyl sites for hydroxylation is 2. The van der Waals surface area contributed by atoms with E-state index in [1.807, 2.05) is 24.3 Å². The smallest absolute Gasteiger partial charge is 0.251 e. The Labute approximate surface area is 144 Å². The second kappa shape index (κ2) is 6.84. The average molecular weight is 341 g/mol. The summed E-state index contributed by atoms with van der Waals surface area (Å²) in [6.07, 6.45) is 0.625. The summed E-state index contributed by atoms with van der Waals surface area (Å²) in [6, 6.07) is 11.8. The number of nitrogens with one attached hydrogen (secondary N) is 1. The molecule has 0 aliphatic heterocycles. The number of nitrogens with two attached hydrogens (primary N) is 1. The first kappa shape index (κ1) is 16.2. The zero-order valence-corrected chi connectivity index (χ0v) is 14.4. The van der Waals surface area contributed by atoms with Crippen molar-refractivity contribution >= 4 is 22.4 Å². The molecule has 6 nitrogen and oxygen atoms in total. The molecule has 0 saturated carbocycles.